The van der Waals surface area contributed by atoms with Gasteiger partial charge < -0.3 is 5.11 Å². The van der Waals surface area contributed by atoms with Crippen LogP contribution in [0.5, 0.6) is 0 Å². The first-order valence-corrected chi connectivity index (χ1v) is 18.2. The molecule has 0 aromatic carbocycles. The van der Waals surface area contributed by atoms with E-state index in [1.807, 2.05) is 33.8 Å². The number of hydrogen-bond donors (Lipinski definition) is 1. The Hall–Kier alpha value is -0.232. The summed E-state index contributed by atoms with van der Waals surface area (Å²) in [4.78, 5) is 0. The van der Waals surface area contributed by atoms with Gasteiger partial charge in [0.05, 0.1) is 0 Å². The van der Waals surface area contributed by atoms with Crippen LogP contribution in [0.1, 0.15) is 40.5 Å². The van der Waals surface area contributed by atoms with E-state index in [-0.39, 0.29) is 0 Å². The highest BCUT2D eigenvalue weighted by Crippen LogP contribution is 2.10. The van der Waals surface area contributed by atoms with Gasteiger partial charge in [-0.3, -0.25) is 17.8 Å². The van der Waals surface area contributed by atoms with Gasteiger partial charge in [0.25, 0.3) is 0 Å². The monoisotopic (exact) mass is 440 g/mol. The molecule has 26 heavy (non-hydrogen) atoms. The Balaban J connectivity index is -0.0000000518. The third-order valence-electron chi connectivity index (χ3n) is 2.18. The van der Waals surface area contributed by atoms with E-state index in [4.69, 9.17) is 23.0 Å². The minimum atomic E-state index is -1.42. The van der Waals surface area contributed by atoms with Crippen molar-refractivity contribution in [1.29, 1.82) is 0 Å². The summed E-state index contributed by atoms with van der Waals surface area (Å²) in [5, 5.41) is 8.45. The fraction of sp³-hybridized carbons (Fsp3) is 0.882. The Labute approximate surface area is 169 Å². The molecular weight excluding hydrogens is 397 g/mol. The smallest absolute Gasteiger partial charge is 0.396 e. The third-order valence-corrected chi connectivity index (χ3v) is 5.83. The summed E-state index contributed by atoms with van der Waals surface area (Å²) in [6.07, 6.45) is 4.21. The van der Waals surface area contributed by atoms with E-state index in [1.165, 1.54) is 18.5 Å². The Morgan fingerprint density at radius 2 is 1.04 bits per heavy atom. The second kappa shape index (κ2) is 35.8. The van der Waals surface area contributed by atoms with Gasteiger partial charge in [-0.2, -0.15) is 0 Å². The molecule has 0 bridgehead atoms. The van der Waals surface area contributed by atoms with E-state index in [0.717, 1.165) is 6.42 Å². The van der Waals surface area contributed by atoms with Crippen molar-refractivity contribution in [3.8, 4) is 0 Å². The predicted molar refractivity (Wildman–Crippen MR) is 120 cm³/mol. The van der Waals surface area contributed by atoms with Crippen molar-refractivity contribution in [2.75, 3.05) is 6.61 Å². The summed E-state index contributed by atoms with van der Waals surface area (Å²) in [5.74, 6) is 0. The molecule has 0 aliphatic heterocycles. The van der Waals surface area contributed by atoms with Crippen molar-refractivity contribution in [3.05, 3.63) is 12.7 Å². The fourth-order valence-electron chi connectivity index (χ4n) is 1.14. The minimum absolute atomic E-state index is 0.365. The summed E-state index contributed by atoms with van der Waals surface area (Å²) in [5.41, 5.74) is 0. The number of allylic oxidation sites excluding steroid dienone is 1. The van der Waals surface area contributed by atoms with Crippen LogP contribution >= 0.6 is 0 Å². The maximum atomic E-state index is 8.45. The molecule has 0 unspecified atom stereocenters. The van der Waals surface area contributed by atoms with Gasteiger partial charge in [0.1, 0.15) is 0 Å². The van der Waals surface area contributed by atoms with Crippen LogP contribution in [0, 0.1) is 0 Å². The van der Waals surface area contributed by atoms with Crippen molar-refractivity contribution < 1.29 is 23.0 Å². The second-order valence-corrected chi connectivity index (χ2v) is 18.5. The number of hydrogen-bond acceptors (Lipinski definition) is 5. The maximum Gasteiger partial charge on any atom is 0.549 e. The molecule has 0 atom stereocenters. The van der Waals surface area contributed by atoms with E-state index in [0.29, 0.717) is 6.61 Å². The van der Waals surface area contributed by atoms with Crippen molar-refractivity contribution in [1.82, 2.24) is 0 Å². The largest absolute Gasteiger partial charge is 0.549 e. The van der Waals surface area contributed by atoms with Crippen LogP contribution in [0.4, 0.5) is 0 Å². The summed E-state index contributed by atoms with van der Waals surface area (Å²) < 4.78 is 33.6. The van der Waals surface area contributed by atoms with E-state index in [2.05, 4.69) is 45.9 Å². The molecule has 0 amide bonds. The van der Waals surface area contributed by atoms with Gasteiger partial charge in [-0.05, 0) is 12.8 Å². The van der Waals surface area contributed by atoms with E-state index >= 15 is 0 Å². The summed E-state index contributed by atoms with van der Waals surface area (Å²) in [7, 11) is -4.42. The molecule has 5 nitrogen and oxygen atoms in total. The first-order valence-electron chi connectivity index (χ1n) is 9.16. The molecule has 0 saturated heterocycles. The van der Waals surface area contributed by atoms with Gasteiger partial charge in [-0.1, -0.05) is 85.1 Å². The van der Waals surface area contributed by atoms with Crippen molar-refractivity contribution in [2.24, 2.45) is 0 Å². The van der Waals surface area contributed by atoms with Crippen molar-refractivity contribution in [3.63, 3.8) is 0 Å². The number of aliphatic hydroxyl groups is 1. The number of rotatable bonds is 6. The van der Waals surface area contributed by atoms with Gasteiger partial charge in [0.15, 0.2) is 0 Å². The predicted octanol–water partition coefficient (Wildman–Crippen LogP) is 5.42. The number of aliphatic hydroxyl groups excluding tert-OH is 1. The van der Waals surface area contributed by atoms with Crippen LogP contribution in [0.25, 0.3) is 0 Å². The van der Waals surface area contributed by atoms with Crippen LogP contribution in [0.2, 0.25) is 51.4 Å². The van der Waals surface area contributed by atoms with Crippen molar-refractivity contribution in [2.45, 2.75) is 91.9 Å². The SMILES string of the molecule is C=CCC[Si](C)(C)C.CC.CC.C[Si](C)(C)CCCO.O=[Si]=O.O=[Si]=O. The Bertz CT molecular complexity index is 300. The molecule has 0 aliphatic carbocycles. The normalized spacial score (nSPS) is 8.27. The Morgan fingerprint density at radius 3 is 1.12 bits per heavy atom. The zero-order chi connectivity index (χ0) is 22.7. The van der Waals surface area contributed by atoms with Crippen LogP contribution in [0.3, 0.4) is 0 Å². The van der Waals surface area contributed by atoms with E-state index in [9.17, 15) is 0 Å². The average Bonchev–Trinajstić information content (AvgIpc) is 2.55. The zero-order valence-corrected chi connectivity index (χ0v) is 22.9. The molecule has 1 N–H and O–H groups in total. The van der Waals surface area contributed by atoms with Crippen LogP contribution < -0.4 is 0 Å². The molecule has 0 fully saturated rings. The molecule has 9 heteroatoms. The molecule has 0 radical (unpaired) electrons. The third kappa shape index (κ3) is 129. The summed E-state index contributed by atoms with van der Waals surface area (Å²) in [6.45, 7) is 26.2. The summed E-state index contributed by atoms with van der Waals surface area (Å²) in [6, 6.07) is 2.64. The summed E-state index contributed by atoms with van der Waals surface area (Å²) >= 11 is 0. The van der Waals surface area contributed by atoms with Crippen LogP contribution in [0.15, 0.2) is 12.7 Å². The highest BCUT2D eigenvalue weighted by Gasteiger charge is 2.10. The first kappa shape index (κ1) is 40.5. The van der Waals surface area contributed by atoms with Gasteiger partial charge in [-0.25, -0.2) is 0 Å². The van der Waals surface area contributed by atoms with Crippen molar-refractivity contribution >= 4 is 34.7 Å². The topological polar surface area (TPSA) is 88.5 Å². The van der Waals surface area contributed by atoms with Gasteiger partial charge in [0.2, 0.25) is 0 Å². The molecule has 0 aromatic rings. The highest BCUT2D eigenvalue weighted by atomic mass is 28.3. The Kier molecular flexibility index (Phi) is 55.7. The molecular formula is C17H44O5Si4. The zero-order valence-electron chi connectivity index (χ0n) is 18.9. The first-order chi connectivity index (χ1) is 11.9. The fourth-order valence-corrected chi connectivity index (χ4v) is 3.43. The quantitative estimate of drug-likeness (QED) is 0.440. The molecule has 0 heterocycles. The maximum absolute atomic E-state index is 8.45. The lowest BCUT2D eigenvalue weighted by molar-refractivity contribution is 0.294. The van der Waals surface area contributed by atoms with E-state index < -0.39 is 34.7 Å². The molecule has 0 saturated carbocycles. The second-order valence-electron chi connectivity index (χ2n) is 6.94. The van der Waals surface area contributed by atoms with E-state index in [1.54, 1.807) is 0 Å². The standard InChI is InChI=1S/C7H16Si.C6H16OSi.2C2H6.2O2Si/c1-5-6-7-8(2,3)4;1-8(2,3)6-4-5-7;2*1-2;2*1-3-2/h5H,1,6-7H2,2-4H3;7H,4-6H2,1-3H3;2*1-2H3;;. The average molecular weight is 441 g/mol. The molecule has 0 aliphatic rings. The molecule has 0 spiro atoms. The van der Waals surface area contributed by atoms with Gasteiger partial charge in [-0.15, -0.1) is 6.58 Å². The lowest BCUT2D eigenvalue weighted by Gasteiger charge is -2.13. The van der Waals surface area contributed by atoms with Gasteiger partial charge >= 0.3 is 18.6 Å². The Morgan fingerprint density at radius 1 is 0.769 bits per heavy atom. The lowest BCUT2D eigenvalue weighted by Crippen LogP contribution is -2.19. The lowest BCUT2D eigenvalue weighted by atomic mass is 10.5. The van der Waals surface area contributed by atoms with Crippen LogP contribution in [-0.4, -0.2) is 46.4 Å². The molecule has 0 aromatic heterocycles. The van der Waals surface area contributed by atoms with Crippen LogP contribution in [-0.2, 0) is 17.8 Å². The minimum Gasteiger partial charge on any atom is -0.396 e. The van der Waals surface area contributed by atoms with Gasteiger partial charge in [0, 0.05) is 22.8 Å². The molecule has 0 rings (SSSR count). The highest BCUT2D eigenvalue weighted by molar-refractivity contribution is 6.76. The molecule has 158 valence electrons.